The molecular weight excluding hydrogens is 260 g/mol. The first-order chi connectivity index (χ1) is 8.81. The standard InChI is InChI=1S/C14H28N2O2S/c1-11(10-19-5)8-15-12-6-7-16(9-12)13(17)18-14(2,3)4/h11-12,15H,6-10H2,1-5H3. The molecule has 1 rings (SSSR count). The lowest BCUT2D eigenvalue weighted by Gasteiger charge is -2.24. The van der Waals surface area contributed by atoms with Gasteiger partial charge in [0.2, 0.25) is 0 Å². The molecule has 112 valence electrons. The van der Waals surface area contributed by atoms with Crippen LogP contribution >= 0.6 is 11.8 Å². The van der Waals surface area contributed by atoms with E-state index in [1.54, 1.807) is 0 Å². The maximum atomic E-state index is 11.9. The maximum absolute atomic E-state index is 11.9. The minimum absolute atomic E-state index is 0.186. The van der Waals surface area contributed by atoms with Gasteiger partial charge in [-0.2, -0.15) is 11.8 Å². The minimum atomic E-state index is -0.407. The molecule has 0 radical (unpaired) electrons. The number of ether oxygens (including phenoxy) is 1. The lowest BCUT2D eigenvalue weighted by Crippen LogP contribution is -2.39. The maximum Gasteiger partial charge on any atom is 0.410 e. The Labute approximate surface area is 121 Å². The summed E-state index contributed by atoms with van der Waals surface area (Å²) in [6, 6.07) is 0.414. The summed E-state index contributed by atoms with van der Waals surface area (Å²) in [5.74, 6) is 1.85. The third-order valence-electron chi connectivity index (χ3n) is 3.05. The predicted molar refractivity (Wildman–Crippen MR) is 81.8 cm³/mol. The molecule has 0 aromatic carbocycles. The van der Waals surface area contributed by atoms with Gasteiger partial charge in [-0.25, -0.2) is 4.79 Å². The largest absolute Gasteiger partial charge is 0.444 e. The Balaban J connectivity index is 2.27. The van der Waals surface area contributed by atoms with Crippen LogP contribution in [0.5, 0.6) is 0 Å². The molecule has 19 heavy (non-hydrogen) atoms. The monoisotopic (exact) mass is 288 g/mol. The van der Waals surface area contributed by atoms with E-state index in [0.717, 1.165) is 26.1 Å². The van der Waals surface area contributed by atoms with E-state index in [-0.39, 0.29) is 6.09 Å². The van der Waals surface area contributed by atoms with Crippen LogP contribution in [0.15, 0.2) is 0 Å². The fourth-order valence-corrected chi connectivity index (χ4v) is 2.82. The van der Waals surface area contributed by atoms with Gasteiger partial charge in [-0.1, -0.05) is 6.92 Å². The first-order valence-corrected chi connectivity index (χ1v) is 8.41. The van der Waals surface area contributed by atoms with Crippen LogP contribution in [0.25, 0.3) is 0 Å². The van der Waals surface area contributed by atoms with Crippen LogP contribution in [0.3, 0.4) is 0 Å². The predicted octanol–water partition coefficient (Wildman–Crippen LogP) is 2.58. The highest BCUT2D eigenvalue weighted by molar-refractivity contribution is 7.98. The van der Waals surface area contributed by atoms with Crippen LogP contribution in [0, 0.1) is 5.92 Å². The van der Waals surface area contributed by atoms with Gasteiger partial charge in [0, 0.05) is 19.1 Å². The molecule has 0 saturated carbocycles. The number of amides is 1. The fourth-order valence-electron chi connectivity index (χ4n) is 2.13. The Bertz CT molecular complexity index is 292. The van der Waals surface area contributed by atoms with Gasteiger partial charge in [-0.15, -0.1) is 0 Å². The van der Waals surface area contributed by atoms with Crippen molar-refractivity contribution in [2.24, 2.45) is 5.92 Å². The zero-order valence-corrected chi connectivity index (χ0v) is 13.7. The molecule has 2 atom stereocenters. The van der Waals surface area contributed by atoms with Crippen molar-refractivity contribution in [3.05, 3.63) is 0 Å². The zero-order valence-electron chi connectivity index (χ0n) is 12.9. The van der Waals surface area contributed by atoms with Crippen LogP contribution in [0.4, 0.5) is 4.79 Å². The second-order valence-electron chi connectivity index (χ2n) is 6.38. The van der Waals surface area contributed by atoms with Crippen LogP contribution < -0.4 is 5.32 Å². The highest BCUT2D eigenvalue weighted by Crippen LogP contribution is 2.15. The molecule has 0 aliphatic carbocycles. The summed E-state index contributed by atoms with van der Waals surface area (Å²) >= 11 is 1.88. The van der Waals surface area contributed by atoms with Crippen LogP contribution in [-0.4, -0.2) is 54.3 Å². The summed E-state index contributed by atoms with van der Waals surface area (Å²) in [5, 5.41) is 3.55. The first-order valence-electron chi connectivity index (χ1n) is 7.02. The number of hydrogen-bond donors (Lipinski definition) is 1. The van der Waals surface area contributed by atoms with Crippen molar-refractivity contribution in [2.45, 2.75) is 45.8 Å². The van der Waals surface area contributed by atoms with E-state index in [2.05, 4.69) is 18.5 Å². The van der Waals surface area contributed by atoms with Gasteiger partial charge in [-0.05, 0) is 51.7 Å². The van der Waals surface area contributed by atoms with Gasteiger partial charge in [0.15, 0.2) is 0 Å². The molecule has 1 aliphatic rings. The highest BCUT2D eigenvalue weighted by Gasteiger charge is 2.29. The van der Waals surface area contributed by atoms with Gasteiger partial charge >= 0.3 is 6.09 Å². The molecule has 1 amide bonds. The van der Waals surface area contributed by atoms with E-state index in [4.69, 9.17) is 4.74 Å². The number of hydrogen-bond acceptors (Lipinski definition) is 4. The van der Waals surface area contributed by atoms with Crippen LogP contribution in [0.2, 0.25) is 0 Å². The first kappa shape index (κ1) is 16.6. The second kappa shape index (κ2) is 7.39. The summed E-state index contributed by atoms with van der Waals surface area (Å²) in [6.07, 6.45) is 2.97. The van der Waals surface area contributed by atoms with Gasteiger partial charge in [-0.3, -0.25) is 0 Å². The normalized spacial score (nSPS) is 21.5. The fraction of sp³-hybridized carbons (Fsp3) is 0.929. The smallest absolute Gasteiger partial charge is 0.410 e. The van der Waals surface area contributed by atoms with Gasteiger partial charge in [0.25, 0.3) is 0 Å². The van der Waals surface area contributed by atoms with E-state index in [9.17, 15) is 4.79 Å². The third-order valence-corrected chi connectivity index (χ3v) is 3.95. The Kier molecular flexibility index (Phi) is 6.47. The van der Waals surface area contributed by atoms with Crippen molar-refractivity contribution in [3.63, 3.8) is 0 Å². The van der Waals surface area contributed by atoms with E-state index in [1.165, 1.54) is 5.75 Å². The average Bonchev–Trinajstić information content (AvgIpc) is 2.73. The number of carbonyl (C=O) groups is 1. The van der Waals surface area contributed by atoms with E-state index in [0.29, 0.717) is 12.0 Å². The molecule has 4 nitrogen and oxygen atoms in total. The van der Waals surface area contributed by atoms with E-state index in [1.807, 2.05) is 37.4 Å². The molecule has 1 aliphatic heterocycles. The van der Waals surface area contributed by atoms with Crippen LogP contribution in [0.1, 0.15) is 34.1 Å². The van der Waals surface area contributed by atoms with Crippen molar-refractivity contribution in [2.75, 3.05) is 31.6 Å². The lowest BCUT2D eigenvalue weighted by molar-refractivity contribution is 0.0291. The molecule has 2 unspecified atom stereocenters. The molecule has 1 fully saturated rings. The number of thioether (sulfide) groups is 1. The molecule has 0 aromatic rings. The molecule has 0 bridgehead atoms. The number of likely N-dealkylation sites (tertiary alicyclic amines) is 1. The van der Waals surface area contributed by atoms with Crippen LogP contribution in [-0.2, 0) is 4.74 Å². The summed E-state index contributed by atoms with van der Waals surface area (Å²) in [6.45, 7) is 10.5. The average molecular weight is 288 g/mol. The van der Waals surface area contributed by atoms with Crippen molar-refractivity contribution >= 4 is 17.9 Å². The highest BCUT2D eigenvalue weighted by atomic mass is 32.2. The minimum Gasteiger partial charge on any atom is -0.444 e. The quantitative estimate of drug-likeness (QED) is 0.844. The lowest BCUT2D eigenvalue weighted by atomic mass is 10.2. The molecule has 1 saturated heterocycles. The van der Waals surface area contributed by atoms with Gasteiger partial charge in [0.1, 0.15) is 5.60 Å². The summed E-state index contributed by atoms with van der Waals surface area (Å²) in [5.41, 5.74) is -0.407. The van der Waals surface area contributed by atoms with Crippen molar-refractivity contribution < 1.29 is 9.53 Å². The Morgan fingerprint density at radius 1 is 1.53 bits per heavy atom. The van der Waals surface area contributed by atoms with Crippen molar-refractivity contribution in [1.82, 2.24) is 10.2 Å². The third kappa shape index (κ3) is 6.52. The number of carbonyl (C=O) groups excluding carboxylic acids is 1. The van der Waals surface area contributed by atoms with Gasteiger partial charge in [0.05, 0.1) is 0 Å². The topological polar surface area (TPSA) is 41.6 Å². The second-order valence-corrected chi connectivity index (χ2v) is 7.29. The Hall–Kier alpha value is -0.420. The summed E-state index contributed by atoms with van der Waals surface area (Å²) in [4.78, 5) is 13.7. The Morgan fingerprint density at radius 2 is 2.21 bits per heavy atom. The SMILES string of the molecule is CSCC(C)CNC1CCN(C(=O)OC(C)(C)C)C1. The molecule has 0 spiro atoms. The number of nitrogens with zero attached hydrogens (tertiary/aromatic N) is 1. The molecule has 0 aromatic heterocycles. The zero-order chi connectivity index (χ0) is 14.5. The molecule has 1 N–H and O–H groups in total. The number of rotatable bonds is 5. The summed E-state index contributed by atoms with van der Waals surface area (Å²) in [7, 11) is 0. The molecule has 1 heterocycles. The number of nitrogens with one attached hydrogen (secondary N) is 1. The van der Waals surface area contributed by atoms with Gasteiger partial charge < -0.3 is 15.0 Å². The summed E-state index contributed by atoms with van der Waals surface area (Å²) < 4.78 is 5.39. The Morgan fingerprint density at radius 3 is 2.79 bits per heavy atom. The van der Waals surface area contributed by atoms with Crippen molar-refractivity contribution in [1.29, 1.82) is 0 Å². The van der Waals surface area contributed by atoms with E-state index < -0.39 is 5.60 Å². The van der Waals surface area contributed by atoms with Crippen molar-refractivity contribution in [3.8, 4) is 0 Å². The molecule has 5 heteroatoms. The molecular formula is C14H28N2O2S. The van der Waals surface area contributed by atoms with E-state index >= 15 is 0 Å².